The molecule has 1 N–H and O–H groups in total. The van der Waals surface area contributed by atoms with Crippen LogP contribution in [0.1, 0.15) is 10.5 Å². The normalized spacial score (nSPS) is 10.4. The summed E-state index contributed by atoms with van der Waals surface area (Å²) in [5.41, 5.74) is 1.47. The number of amides is 1. The fourth-order valence-corrected chi connectivity index (χ4v) is 2.84. The van der Waals surface area contributed by atoms with Crippen LogP contribution in [0.4, 0.5) is 5.13 Å². The zero-order valence-corrected chi connectivity index (χ0v) is 13.8. The van der Waals surface area contributed by atoms with Gasteiger partial charge < -0.3 is 9.30 Å². The summed E-state index contributed by atoms with van der Waals surface area (Å²) in [6, 6.07) is 4.95. The molecule has 0 saturated heterocycles. The van der Waals surface area contributed by atoms with Crippen molar-refractivity contribution in [3.8, 4) is 17.0 Å². The number of ether oxygens (including phenoxy) is 1. The zero-order chi connectivity index (χ0) is 17.1. The third-order valence-electron chi connectivity index (χ3n) is 3.34. The van der Waals surface area contributed by atoms with Crippen LogP contribution >= 0.6 is 11.3 Å². The third-order valence-corrected chi connectivity index (χ3v) is 4.09. The van der Waals surface area contributed by atoms with Crippen molar-refractivity contribution in [3.63, 3.8) is 0 Å². The van der Waals surface area contributed by atoms with Gasteiger partial charge in [-0.15, -0.1) is 11.3 Å². The van der Waals surface area contributed by atoms with E-state index in [0.717, 1.165) is 11.3 Å². The van der Waals surface area contributed by atoms with Gasteiger partial charge in [0.1, 0.15) is 5.69 Å². The van der Waals surface area contributed by atoms with Crippen LogP contribution in [0.2, 0.25) is 0 Å². The molecular weight excluding hydrogens is 328 g/mol. The lowest BCUT2D eigenvalue weighted by molar-refractivity contribution is 0.101. The SMILES string of the molecule is COc1cn(C)c(C(=O)Nc2nc(-c3cccnc3)cs2)cc1=O. The van der Waals surface area contributed by atoms with Gasteiger partial charge in [0.2, 0.25) is 5.43 Å². The smallest absolute Gasteiger partial charge is 0.274 e. The topological polar surface area (TPSA) is 86.1 Å². The first-order valence-electron chi connectivity index (χ1n) is 7.00. The molecule has 0 aliphatic carbocycles. The molecule has 3 aromatic rings. The highest BCUT2D eigenvalue weighted by Crippen LogP contribution is 2.24. The van der Waals surface area contributed by atoms with Crippen molar-refractivity contribution in [1.82, 2.24) is 14.5 Å². The second-order valence-corrected chi connectivity index (χ2v) is 5.79. The van der Waals surface area contributed by atoms with Gasteiger partial charge in [-0.1, -0.05) is 0 Å². The predicted octanol–water partition coefficient (Wildman–Crippen LogP) is 2.16. The first-order chi connectivity index (χ1) is 11.6. The van der Waals surface area contributed by atoms with Gasteiger partial charge in [-0.3, -0.25) is 19.9 Å². The summed E-state index contributed by atoms with van der Waals surface area (Å²) in [7, 11) is 3.08. The number of aryl methyl sites for hydroxylation is 1. The van der Waals surface area contributed by atoms with Crippen molar-refractivity contribution < 1.29 is 9.53 Å². The summed E-state index contributed by atoms with van der Waals surface area (Å²) in [4.78, 5) is 32.6. The first kappa shape index (κ1) is 15.9. The lowest BCUT2D eigenvalue weighted by atomic mass is 10.2. The number of thiazole rings is 1. The van der Waals surface area contributed by atoms with Crippen LogP contribution in [0.25, 0.3) is 11.3 Å². The number of hydrogen-bond acceptors (Lipinski definition) is 6. The summed E-state index contributed by atoms with van der Waals surface area (Å²) in [6.45, 7) is 0. The number of anilines is 1. The Morgan fingerprint density at radius 3 is 2.96 bits per heavy atom. The van der Waals surface area contributed by atoms with Crippen LogP contribution in [0, 0.1) is 0 Å². The van der Waals surface area contributed by atoms with Crippen molar-refractivity contribution in [2.24, 2.45) is 7.05 Å². The van der Waals surface area contributed by atoms with Gasteiger partial charge in [-0.25, -0.2) is 4.98 Å². The zero-order valence-electron chi connectivity index (χ0n) is 13.0. The molecule has 0 unspecified atom stereocenters. The van der Waals surface area contributed by atoms with E-state index in [-0.39, 0.29) is 16.9 Å². The summed E-state index contributed by atoms with van der Waals surface area (Å²) < 4.78 is 6.48. The fraction of sp³-hybridized carbons (Fsp3) is 0.125. The molecule has 7 nitrogen and oxygen atoms in total. The Bertz CT molecular complexity index is 934. The van der Waals surface area contributed by atoms with Crippen LogP contribution in [-0.2, 0) is 7.05 Å². The standard InChI is InChI=1S/C16H14N4O3S/c1-20-8-14(23-2)13(21)6-12(20)15(22)19-16-18-11(9-24-16)10-4-3-5-17-7-10/h3-9H,1-2H3,(H,18,19,22). The minimum atomic E-state index is -0.413. The van der Waals surface area contributed by atoms with E-state index in [2.05, 4.69) is 15.3 Å². The van der Waals surface area contributed by atoms with Crippen LogP contribution in [0.15, 0.2) is 47.0 Å². The summed E-state index contributed by atoms with van der Waals surface area (Å²) in [6.07, 6.45) is 4.86. The molecule has 0 spiro atoms. The Kier molecular flexibility index (Phi) is 4.39. The molecular formula is C16H14N4O3S. The highest BCUT2D eigenvalue weighted by molar-refractivity contribution is 7.14. The molecule has 8 heteroatoms. The number of pyridine rings is 2. The Balaban J connectivity index is 1.82. The fourth-order valence-electron chi connectivity index (χ4n) is 2.12. The van der Waals surface area contributed by atoms with E-state index in [1.54, 1.807) is 19.4 Å². The predicted molar refractivity (Wildman–Crippen MR) is 91.5 cm³/mol. The number of hydrogen-bond donors (Lipinski definition) is 1. The molecule has 1 amide bonds. The minimum Gasteiger partial charge on any atom is -0.491 e. The van der Waals surface area contributed by atoms with Crippen LogP contribution in [0.5, 0.6) is 5.75 Å². The number of nitrogens with one attached hydrogen (secondary N) is 1. The van der Waals surface area contributed by atoms with E-state index in [9.17, 15) is 9.59 Å². The van der Waals surface area contributed by atoms with E-state index in [4.69, 9.17) is 4.74 Å². The van der Waals surface area contributed by atoms with E-state index in [1.807, 2.05) is 17.5 Å². The van der Waals surface area contributed by atoms with Crippen LogP contribution in [0.3, 0.4) is 0 Å². The molecule has 0 saturated carbocycles. The average Bonchev–Trinajstić information content (AvgIpc) is 3.05. The van der Waals surface area contributed by atoms with Gasteiger partial charge in [-0.05, 0) is 12.1 Å². The number of nitrogens with zero attached hydrogens (tertiary/aromatic N) is 3. The van der Waals surface area contributed by atoms with Gasteiger partial charge >= 0.3 is 0 Å². The first-order valence-corrected chi connectivity index (χ1v) is 7.88. The molecule has 3 aromatic heterocycles. The Labute approximate surface area is 141 Å². The van der Waals surface area contributed by atoms with Gasteiger partial charge in [-0.2, -0.15) is 0 Å². The number of aromatic nitrogens is 3. The van der Waals surface area contributed by atoms with E-state index >= 15 is 0 Å². The highest BCUT2D eigenvalue weighted by atomic mass is 32.1. The number of carbonyl (C=O) groups excluding carboxylic acids is 1. The number of methoxy groups -OCH3 is 1. The van der Waals surface area contributed by atoms with Crippen molar-refractivity contribution in [2.45, 2.75) is 0 Å². The van der Waals surface area contributed by atoms with Gasteiger partial charge in [0.25, 0.3) is 5.91 Å². The Morgan fingerprint density at radius 1 is 1.42 bits per heavy atom. The number of rotatable bonds is 4. The summed E-state index contributed by atoms with van der Waals surface area (Å²) in [5, 5.41) is 4.98. The lowest BCUT2D eigenvalue weighted by Crippen LogP contribution is -2.21. The maximum Gasteiger partial charge on any atom is 0.274 e. The van der Waals surface area contributed by atoms with Gasteiger partial charge in [0, 0.05) is 36.5 Å². The summed E-state index contributed by atoms with van der Waals surface area (Å²) >= 11 is 1.30. The lowest BCUT2D eigenvalue weighted by Gasteiger charge is -2.09. The molecule has 0 fully saturated rings. The molecule has 0 atom stereocenters. The molecule has 24 heavy (non-hydrogen) atoms. The maximum absolute atomic E-state index is 12.4. The molecule has 0 aliphatic rings. The molecule has 122 valence electrons. The van der Waals surface area contributed by atoms with Crippen LogP contribution in [-0.4, -0.2) is 27.6 Å². The van der Waals surface area contributed by atoms with Crippen molar-refractivity contribution >= 4 is 22.4 Å². The maximum atomic E-state index is 12.4. The van der Waals surface area contributed by atoms with Crippen molar-refractivity contribution in [3.05, 3.63) is 58.1 Å². The molecule has 3 heterocycles. The average molecular weight is 342 g/mol. The second-order valence-electron chi connectivity index (χ2n) is 4.94. The molecule has 0 bridgehead atoms. The third kappa shape index (κ3) is 3.18. The summed E-state index contributed by atoms with van der Waals surface area (Å²) in [5.74, 6) is -0.230. The molecule has 0 radical (unpaired) electrons. The Hall–Kier alpha value is -3.00. The van der Waals surface area contributed by atoms with E-state index in [0.29, 0.717) is 5.13 Å². The monoisotopic (exact) mass is 342 g/mol. The quantitative estimate of drug-likeness (QED) is 0.785. The van der Waals surface area contributed by atoms with Crippen molar-refractivity contribution in [2.75, 3.05) is 12.4 Å². The van der Waals surface area contributed by atoms with E-state index in [1.165, 1.54) is 35.3 Å². The number of carbonyl (C=O) groups is 1. The van der Waals surface area contributed by atoms with Gasteiger partial charge in [0.05, 0.1) is 19.0 Å². The highest BCUT2D eigenvalue weighted by Gasteiger charge is 2.14. The van der Waals surface area contributed by atoms with Crippen LogP contribution < -0.4 is 15.5 Å². The Morgan fingerprint density at radius 2 is 2.25 bits per heavy atom. The molecule has 3 rings (SSSR count). The van der Waals surface area contributed by atoms with Gasteiger partial charge in [0.15, 0.2) is 10.9 Å². The molecule has 0 aromatic carbocycles. The van der Waals surface area contributed by atoms with E-state index < -0.39 is 5.91 Å². The second kappa shape index (κ2) is 6.63. The molecule has 0 aliphatic heterocycles. The largest absolute Gasteiger partial charge is 0.491 e. The minimum absolute atomic E-state index is 0.183. The van der Waals surface area contributed by atoms with Crippen molar-refractivity contribution in [1.29, 1.82) is 0 Å².